The molecule has 0 radical (unpaired) electrons. The molecule has 0 saturated heterocycles. The molecule has 0 aliphatic heterocycles. The Morgan fingerprint density at radius 1 is 1.33 bits per heavy atom. The zero-order valence-electron chi connectivity index (χ0n) is 15.0. The molecule has 0 spiro atoms. The number of fused-ring (bicyclic) bond motifs is 1. The number of anilines is 1. The van der Waals surface area contributed by atoms with Crippen molar-refractivity contribution in [3.63, 3.8) is 0 Å². The standard InChI is InChI=1S/C18H18N6O2S/c1-9(2)24-16-12(8-19-24)11(7-13(20-16)14-5-4-6-27-14)17(25)21-15-10(3)22-23-18(15)26/h4-9H,1-3H3,(H,21,25)(H2,22,23,26). The average molecular weight is 382 g/mol. The minimum atomic E-state index is -0.378. The number of carbonyl (C=O) groups is 1. The monoisotopic (exact) mass is 382 g/mol. The summed E-state index contributed by atoms with van der Waals surface area (Å²) in [7, 11) is 0. The highest BCUT2D eigenvalue weighted by Crippen LogP contribution is 2.29. The lowest BCUT2D eigenvalue weighted by molar-refractivity contribution is 0.102. The SMILES string of the molecule is Cc1[nH][nH]c(=O)c1NC(=O)c1cc(-c2cccs2)nc2c1cnn2C(C)C. The van der Waals surface area contributed by atoms with E-state index >= 15 is 0 Å². The number of hydrogen-bond acceptors (Lipinski definition) is 5. The molecule has 4 heterocycles. The normalized spacial score (nSPS) is 11.4. The van der Waals surface area contributed by atoms with Gasteiger partial charge in [0.1, 0.15) is 5.69 Å². The fraction of sp³-hybridized carbons (Fsp3) is 0.222. The molecule has 0 unspecified atom stereocenters. The van der Waals surface area contributed by atoms with Crippen LogP contribution in [0.15, 0.2) is 34.6 Å². The van der Waals surface area contributed by atoms with E-state index in [1.807, 2.05) is 31.4 Å². The maximum absolute atomic E-state index is 13.0. The van der Waals surface area contributed by atoms with Crippen LogP contribution in [0.2, 0.25) is 0 Å². The molecule has 4 rings (SSSR count). The first-order valence-corrected chi connectivity index (χ1v) is 9.34. The minimum Gasteiger partial charge on any atom is -0.316 e. The van der Waals surface area contributed by atoms with Gasteiger partial charge in [0.25, 0.3) is 11.5 Å². The number of aromatic amines is 2. The van der Waals surface area contributed by atoms with Gasteiger partial charge in [-0.05, 0) is 38.3 Å². The van der Waals surface area contributed by atoms with Crippen molar-refractivity contribution in [2.24, 2.45) is 0 Å². The van der Waals surface area contributed by atoms with E-state index in [-0.39, 0.29) is 23.2 Å². The molecule has 0 atom stereocenters. The largest absolute Gasteiger partial charge is 0.316 e. The molecule has 0 aliphatic rings. The molecular formula is C18H18N6O2S. The summed E-state index contributed by atoms with van der Waals surface area (Å²) in [5.74, 6) is -0.378. The van der Waals surface area contributed by atoms with Crippen molar-refractivity contribution in [2.45, 2.75) is 26.8 Å². The molecule has 0 fully saturated rings. The van der Waals surface area contributed by atoms with Crippen molar-refractivity contribution >= 4 is 34.0 Å². The Morgan fingerprint density at radius 2 is 2.15 bits per heavy atom. The number of thiophene rings is 1. The van der Waals surface area contributed by atoms with E-state index in [9.17, 15) is 9.59 Å². The van der Waals surface area contributed by atoms with Crippen LogP contribution in [0.5, 0.6) is 0 Å². The number of nitrogens with zero attached hydrogens (tertiary/aromatic N) is 3. The Labute approximate surface area is 158 Å². The summed E-state index contributed by atoms with van der Waals surface area (Å²) >= 11 is 1.55. The van der Waals surface area contributed by atoms with Crippen molar-refractivity contribution < 1.29 is 4.79 Å². The maximum Gasteiger partial charge on any atom is 0.287 e. The number of amides is 1. The molecule has 0 bridgehead atoms. The van der Waals surface area contributed by atoms with Crippen molar-refractivity contribution in [1.82, 2.24) is 25.0 Å². The minimum absolute atomic E-state index is 0.0965. The molecule has 0 aliphatic carbocycles. The van der Waals surface area contributed by atoms with Crippen molar-refractivity contribution in [1.29, 1.82) is 0 Å². The Bertz CT molecular complexity index is 1180. The second-order valence-electron chi connectivity index (χ2n) is 6.49. The summed E-state index contributed by atoms with van der Waals surface area (Å²) in [6.07, 6.45) is 1.64. The highest BCUT2D eigenvalue weighted by atomic mass is 32.1. The van der Waals surface area contributed by atoms with Crippen molar-refractivity contribution in [3.05, 3.63) is 51.4 Å². The summed E-state index contributed by atoms with van der Waals surface area (Å²) in [5, 5.41) is 14.9. The summed E-state index contributed by atoms with van der Waals surface area (Å²) in [6.45, 7) is 5.73. The number of hydrogen-bond donors (Lipinski definition) is 3. The van der Waals surface area contributed by atoms with Gasteiger partial charge in [0.15, 0.2) is 5.65 Å². The van der Waals surface area contributed by atoms with E-state index < -0.39 is 0 Å². The van der Waals surface area contributed by atoms with Gasteiger partial charge >= 0.3 is 0 Å². The Balaban J connectivity index is 1.88. The average Bonchev–Trinajstić information content (AvgIpc) is 3.37. The summed E-state index contributed by atoms with van der Waals surface area (Å²) in [5.41, 5.74) is 2.16. The smallest absolute Gasteiger partial charge is 0.287 e. The van der Waals surface area contributed by atoms with E-state index in [2.05, 4.69) is 20.6 Å². The van der Waals surface area contributed by atoms with Crippen LogP contribution in [0.4, 0.5) is 5.69 Å². The topological polar surface area (TPSA) is 108 Å². The number of aryl methyl sites for hydroxylation is 1. The van der Waals surface area contributed by atoms with Crippen LogP contribution in [0.25, 0.3) is 21.6 Å². The second kappa shape index (κ2) is 6.51. The quantitative estimate of drug-likeness (QED) is 0.503. The third-order valence-corrected chi connectivity index (χ3v) is 5.17. The van der Waals surface area contributed by atoms with E-state index in [4.69, 9.17) is 4.98 Å². The predicted molar refractivity (Wildman–Crippen MR) is 105 cm³/mol. The number of aromatic nitrogens is 5. The highest BCUT2D eigenvalue weighted by Gasteiger charge is 2.20. The zero-order chi connectivity index (χ0) is 19.1. The van der Waals surface area contributed by atoms with Crippen molar-refractivity contribution in [3.8, 4) is 10.6 Å². The third-order valence-electron chi connectivity index (χ3n) is 4.28. The molecular weight excluding hydrogens is 364 g/mol. The number of pyridine rings is 1. The van der Waals surface area contributed by atoms with Gasteiger partial charge in [-0.2, -0.15) is 5.10 Å². The molecule has 27 heavy (non-hydrogen) atoms. The first-order valence-electron chi connectivity index (χ1n) is 8.46. The van der Waals surface area contributed by atoms with Crippen LogP contribution in [0.1, 0.15) is 35.9 Å². The van der Waals surface area contributed by atoms with Gasteiger partial charge in [0.05, 0.1) is 33.4 Å². The highest BCUT2D eigenvalue weighted by molar-refractivity contribution is 7.13. The summed E-state index contributed by atoms with van der Waals surface area (Å²) in [4.78, 5) is 30.6. The van der Waals surface area contributed by atoms with Crippen LogP contribution in [0, 0.1) is 6.92 Å². The fourth-order valence-corrected chi connectivity index (χ4v) is 3.60. The number of H-pyrrole nitrogens is 2. The van der Waals surface area contributed by atoms with Gasteiger partial charge in [-0.25, -0.2) is 9.67 Å². The molecule has 0 saturated carbocycles. The molecule has 4 aromatic heterocycles. The fourth-order valence-electron chi connectivity index (χ4n) is 2.91. The van der Waals surface area contributed by atoms with E-state index in [0.717, 1.165) is 4.88 Å². The molecule has 0 aromatic carbocycles. The van der Waals surface area contributed by atoms with E-state index in [0.29, 0.717) is 28.0 Å². The molecule has 138 valence electrons. The molecule has 9 heteroatoms. The van der Waals surface area contributed by atoms with Gasteiger partial charge in [0, 0.05) is 6.04 Å². The van der Waals surface area contributed by atoms with Gasteiger partial charge < -0.3 is 10.4 Å². The maximum atomic E-state index is 13.0. The number of carbonyl (C=O) groups excluding carboxylic acids is 1. The first kappa shape index (κ1) is 17.2. The molecule has 8 nitrogen and oxygen atoms in total. The Hall–Kier alpha value is -3.20. The van der Waals surface area contributed by atoms with Gasteiger partial charge in [-0.3, -0.25) is 14.7 Å². The molecule has 4 aromatic rings. The number of nitrogens with one attached hydrogen (secondary N) is 3. The van der Waals surface area contributed by atoms with Gasteiger partial charge in [-0.15, -0.1) is 11.3 Å². The lowest BCUT2D eigenvalue weighted by atomic mass is 10.1. The number of rotatable bonds is 4. The molecule has 1 amide bonds. The molecule has 3 N–H and O–H groups in total. The lowest BCUT2D eigenvalue weighted by Gasteiger charge is -2.10. The summed E-state index contributed by atoms with van der Waals surface area (Å²) in [6, 6.07) is 5.73. The first-order chi connectivity index (χ1) is 13.0. The van der Waals surface area contributed by atoms with Crippen LogP contribution in [0.3, 0.4) is 0 Å². The van der Waals surface area contributed by atoms with E-state index in [1.54, 1.807) is 35.2 Å². The zero-order valence-corrected chi connectivity index (χ0v) is 15.8. The van der Waals surface area contributed by atoms with Crippen LogP contribution in [-0.2, 0) is 0 Å². The predicted octanol–water partition coefficient (Wildman–Crippen LogP) is 3.32. The van der Waals surface area contributed by atoms with Gasteiger partial charge in [0.2, 0.25) is 0 Å². The summed E-state index contributed by atoms with van der Waals surface area (Å²) < 4.78 is 1.79. The van der Waals surface area contributed by atoms with Crippen LogP contribution >= 0.6 is 11.3 Å². The van der Waals surface area contributed by atoms with E-state index in [1.165, 1.54) is 0 Å². The second-order valence-corrected chi connectivity index (χ2v) is 7.43. The van der Waals surface area contributed by atoms with Crippen molar-refractivity contribution in [2.75, 3.05) is 5.32 Å². The van der Waals surface area contributed by atoms with Crippen LogP contribution in [-0.4, -0.2) is 30.9 Å². The lowest BCUT2D eigenvalue weighted by Crippen LogP contribution is -2.18. The Kier molecular flexibility index (Phi) is 4.15. The Morgan fingerprint density at radius 3 is 2.78 bits per heavy atom. The van der Waals surface area contributed by atoms with Crippen LogP contribution < -0.4 is 10.9 Å². The third kappa shape index (κ3) is 2.95. The van der Waals surface area contributed by atoms with Gasteiger partial charge in [-0.1, -0.05) is 6.07 Å².